The molecule has 0 aliphatic carbocycles. The topological polar surface area (TPSA) is 25.8 Å². The van der Waals surface area contributed by atoms with Gasteiger partial charge >= 0.3 is 0 Å². The van der Waals surface area contributed by atoms with Crippen LogP contribution in [0.25, 0.3) is 0 Å². The van der Waals surface area contributed by atoms with Crippen LogP contribution in [0, 0.1) is 0 Å². The Hall–Kier alpha value is 0.320. The van der Waals surface area contributed by atoms with Crippen molar-refractivity contribution < 1.29 is 0 Å². The van der Waals surface area contributed by atoms with Crippen LogP contribution in [0.3, 0.4) is 0 Å². The molecule has 0 unspecified atom stereocenters. The number of thioether (sulfide) groups is 8. The Morgan fingerprint density at radius 3 is 1.60 bits per heavy atom. The van der Waals surface area contributed by atoms with Gasteiger partial charge in [0.2, 0.25) is 0 Å². The Bertz CT molecular complexity index is 926. The zero-order valence-electron chi connectivity index (χ0n) is 15.6. The summed E-state index contributed by atoms with van der Waals surface area (Å²) in [6.45, 7) is 0. The highest BCUT2D eigenvalue weighted by Crippen LogP contribution is 2.67. The highest BCUT2D eigenvalue weighted by molar-refractivity contribution is 8.45. The molecule has 3 aliphatic heterocycles. The number of rotatable bonds is 6. The maximum Gasteiger partial charge on any atom is 0.0717 e. The molecular weight excluding hydrogens is 525 g/mol. The van der Waals surface area contributed by atoms with Crippen molar-refractivity contribution in [1.82, 2.24) is 9.97 Å². The summed E-state index contributed by atoms with van der Waals surface area (Å²) in [6.07, 6.45) is 3.75. The highest BCUT2D eigenvalue weighted by atomic mass is 32.3. The predicted molar refractivity (Wildman–Crippen MR) is 147 cm³/mol. The molecule has 0 bridgehead atoms. The average Bonchev–Trinajstić information content (AvgIpc) is 3.42. The summed E-state index contributed by atoms with van der Waals surface area (Å²) in [4.78, 5) is 8.99. The maximum atomic E-state index is 4.50. The second-order valence-electron chi connectivity index (χ2n) is 6.05. The van der Waals surface area contributed by atoms with Gasteiger partial charge in [-0.1, -0.05) is 59.2 Å². The van der Waals surface area contributed by atoms with Crippen LogP contribution in [-0.2, 0) is 11.5 Å². The van der Waals surface area contributed by atoms with E-state index in [0.717, 1.165) is 22.9 Å². The van der Waals surface area contributed by atoms with Gasteiger partial charge in [0.1, 0.15) is 0 Å². The third-order valence-corrected chi connectivity index (χ3v) is 15.8. The normalized spacial score (nSPS) is 19.1. The Morgan fingerprint density at radius 2 is 1.13 bits per heavy atom. The first-order valence-electron chi connectivity index (χ1n) is 9.10. The van der Waals surface area contributed by atoms with E-state index in [1.165, 1.54) is 36.9 Å². The SMILES string of the molecule is c1ccc(CSC2=C(SCc3ccccn3)SC(=C3SC4=C(SCCS4)S3)S2)nc1. The molecule has 0 fully saturated rings. The van der Waals surface area contributed by atoms with Gasteiger partial charge < -0.3 is 0 Å². The third kappa shape index (κ3) is 5.62. The van der Waals surface area contributed by atoms with E-state index in [2.05, 4.69) is 34.2 Å². The van der Waals surface area contributed by atoms with Gasteiger partial charge in [-0.15, -0.1) is 47.0 Å². The molecule has 2 aromatic rings. The van der Waals surface area contributed by atoms with Crippen LogP contribution in [0.4, 0.5) is 0 Å². The second kappa shape index (κ2) is 11.0. The summed E-state index contributed by atoms with van der Waals surface area (Å²) in [5.74, 6) is 4.27. The maximum absolute atomic E-state index is 4.50. The molecule has 0 N–H and O–H groups in total. The minimum absolute atomic E-state index is 0.904. The lowest BCUT2D eigenvalue weighted by Gasteiger charge is -2.08. The van der Waals surface area contributed by atoms with Crippen molar-refractivity contribution in [1.29, 1.82) is 0 Å². The molecule has 0 spiro atoms. The Morgan fingerprint density at radius 1 is 0.633 bits per heavy atom. The smallest absolute Gasteiger partial charge is 0.0717 e. The Balaban J connectivity index is 1.31. The number of nitrogens with zero attached hydrogens (tertiary/aromatic N) is 2. The van der Waals surface area contributed by atoms with Crippen molar-refractivity contribution >= 4 is 94.1 Å². The van der Waals surface area contributed by atoms with Gasteiger partial charge in [0.05, 0.1) is 36.8 Å². The van der Waals surface area contributed by atoms with E-state index < -0.39 is 0 Å². The summed E-state index contributed by atoms with van der Waals surface area (Å²) in [6, 6.07) is 12.3. The lowest BCUT2D eigenvalue weighted by Crippen LogP contribution is -1.88. The largest absolute Gasteiger partial charge is 0.260 e. The lowest BCUT2D eigenvalue weighted by atomic mass is 10.4. The molecular formula is C20H16N2S8. The van der Waals surface area contributed by atoms with Gasteiger partial charge in [-0.05, 0) is 24.3 Å². The summed E-state index contributed by atoms with van der Waals surface area (Å²) in [5, 5.41) is 0. The Labute approximate surface area is 210 Å². The fourth-order valence-electron chi connectivity index (χ4n) is 2.58. The molecule has 3 aliphatic rings. The van der Waals surface area contributed by atoms with E-state index >= 15 is 0 Å². The molecule has 0 amide bonds. The molecule has 154 valence electrons. The fraction of sp³-hybridized carbons (Fsp3) is 0.200. The van der Waals surface area contributed by atoms with Crippen molar-refractivity contribution in [3.63, 3.8) is 0 Å². The molecule has 0 saturated carbocycles. The Kier molecular flexibility index (Phi) is 8.08. The minimum Gasteiger partial charge on any atom is -0.260 e. The average molecular weight is 541 g/mol. The number of hydrogen-bond donors (Lipinski definition) is 0. The quantitative estimate of drug-likeness (QED) is 0.355. The molecule has 30 heavy (non-hydrogen) atoms. The van der Waals surface area contributed by atoms with Crippen LogP contribution in [0.5, 0.6) is 0 Å². The van der Waals surface area contributed by atoms with Crippen molar-refractivity contribution in [2.45, 2.75) is 11.5 Å². The molecule has 0 saturated heterocycles. The predicted octanol–water partition coefficient (Wildman–Crippen LogP) is 8.46. The number of hydrogen-bond acceptors (Lipinski definition) is 10. The molecule has 0 aromatic carbocycles. The van der Waals surface area contributed by atoms with Crippen LogP contribution in [0.15, 0.2) is 74.2 Å². The molecule has 5 rings (SSSR count). The van der Waals surface area contributed by atoms with Crippen LogP contribution < -0.4 is 0 Å². The van der Waals surface area contributed by atoms with E-state index in [1.54, 1.807) is 0 Å². The van der Waals surface area contributed by atoms with Crippen LogP contribution in [-0.4, -0.2) is 21.5 Å². The van der Waals surface area contributed by atoms with Crippen molar-refractivity contribution in [3.8, 4) is 0 Å². The molecule has 10 heteroatoms. The first-order chi connectivity index (χ1) is 14.8. The van der Waals surface area contributed by atoms with Gasteiger partial charge in [-0.3, -0.25) is 9.97 Å². The first-order valence-corrected chi connectivity index (χ1v) is 16.3. The highest BCUT2D eigenvalue weighted by Gasteiger charge is 2.32. The van der Waals surface area contributed by atoms with Gasteiger partial charge in [0.15, 0.2) is 0 Å². The van der Waals surface area contributed by atoms with Crippen molar-refractivity contribution in [2.75, 3.05) is 11.5 Å². The van der Waals surface area contributed by atoms with E-state index in [9.17, 15) is 0 Å². The third-order valence-electron chi connectivity index (χ3n) is 3.95. The van der Waals surface area contributed by atoms with Gasteiger partial charge in [0.25, 0.3) is 0 Å². The standard InChI is InChI=1S/C20H16N2S8/c1-3-7-21-13(5-1)11-25-17-18(26-12-14-6-2-4-8-22-14)30-20(29-17)19-27-15-16(28-19)24-10-9-23-15/h1-8H,9-12H2. The summed E-state index contributed by atoms with van der Waals surface area (Å²) < 4.78 is 8.73. The van der Waals surface area contributed by atoms with E-state index in [1.807, 2.05) is 119 Å². The number of pyridine rings is 2. The zero-order valence-corrected chi connectivity index (χ0v) is 22.1. The van der Waals surface area contributed by atoms with Crippen LogP contribution in [0.2, 0.25) is 0 Å². The number of aromatic nitrogens is 2. The van der Waals surface area contributed by atoms with E-state index in [4.69, 9.17) is 0 Å². The van der Waals surface area contributed by atoms with Gasteiger partial charge in [-0.25, -0.2) is 0 Å². The molecule has 5 heterocycles. The molecule has 0 radical (unpaired) electrons. The molecule has 0 atom stereocenters. The van der Waals surface area contributed by atoms with Gasteiger partial charge in [0, 0.05) is 35.4 Å². The zero-order chi connectivity index (χ0) is 20.2. The van der Waals surface area contributed by atoms with E-state index in [0.29, 0.717) is 0 Å². The molecule has 2 nitrogen and oxygen atoms in total. The fourth-order valence-corrected chi connectivity index (χ4v) is 14.5. The summed E-state index contributed by atoms with van der Waals surface area (Å²) in [5.41, 5.74) is 2.26. The van der Waals surface area contributed by atoms with Crippen molar-refractivity contribution in [3.05, 3.63) is 85.6 Å². The summed E-state index contributed by atoms with van der Waals surface area (Å²) in [7, 11) is 0. The summed E-state index contributed by atoms with van der Waals surface area (Å²) >= 11 is 15.7. The van der Waals surface area contributed by atoms with Gasteiger partial charge in [-0.2, -0.15) is 0 Å². The van der Waals surface area contributed by atoms with Crippen LogP contribution in [0.1, 0.15) is 11.4 Å². The minimum atomic E-state index is 0.904. The van der Waals surface area contributed by atoms with Crippen LogP contribution >= 0.6 is 94.1 Å². The monoisotopic (exact) mass is 540 g/mol. The second-order valence-corrected chi connectivity index (χ2v) is 15.9. The lowest BCUT2D eigenvalue weighted by molar-refractivity contribution is 1.18. The first kappa shape index (κ1) is 22.1. The van der Waals surface area contributed by atoms with Crippen molar-refractivity contribution in [2.24, 2.45) is 0 Å². The van der Waals surface area contributed by atoms with E-state index in [-0.39, 0.29) is 0 Å². The molecule has 2 aromatic heterocycles.